The maximum atomic E-state index is 6.15. The van der Waals surface area contributed by atoms with Gasteiger partial charge in [0.1, 0.15) is 5.75 Å². The second kappa shape index (κ2) is 4.75. The van der Waals surface area contributed by atoms with E-state index < -0.39 is 0 Å². The lowest BCUT2D eigenvalue weighted by atomic mass is 10.0. The van der Waals surface area contributed by atoms with Crippen LogP contribution in [0.2, 0.25) is 5.02 Å². The summed E-state index contributed by atoms with van der Waals surface area (Å²) in [6, 6.07) is 4.06. The number of rotatable bonds is 5. The van der Waals surface area contributed by atoms with Crippen LogP contribution in [0.3, 0.4) is 0 Å². The molecular weight excluding hydrogens is 246 g/mol. The van der Waals surface area contributed by atoms with E-state index >= 15 is 0 Å². The summed E-state index contributed by atoms with van der Waals surface area (Å²) in [4.78, 5) is 0. The highest BCUT2D eigenvalue weighted by Crippen LogP contribution is 2.48. The lowest BCUT2D eigenvalue weighted by Crippen LogP contribution is -2.23. The molecule has 2 nitrogen and oxygen atoms in total. The Kier molecular flexibility index (Phi) is 3.25. The maximum absolute atomic E-state index is 6.15. The molecule has 3 heteroatoms. The van der Waals surface area contributed by atoms with Gasteiger partial charge in [-0.05, 0) is 42.4 Å². The van der Waals surface area contributed by atoms with Crippen molar-refractivity contribution in [3.63, 3.8) is 0 Å². The first-order chi connectivity index (χ1) is 8.72. The van der Waals surface area contributed by atoms with Crippen LogP contribution in [0.25, 0.3) is 0 Å². The van der Waals surface area contributed by atoms with Crippen molar-refractivity contribution >= 4 is 11.6 Å². The molecule has 0 atom stereocenters. The molecule has 1 heterocycles. The first-order valence-electron chi connectivity index (χ1n) is 6.87. The topological polar surface area (TPSA) is 21.3 Å². The molecule has 1 saturated carbocycles. The van der Waals surface area contributed by atoms with Crippen LogP contribution in [0.5, 0.6) is 5.75 Å². The predicted molar refractivity (Wildman–Crippen MR) is 74.3 cm³/mol. The molecule has 0 aromatic heterocycles. The minimum absolute atomic E-state index is 0.586. The molecule has 1 aromatic rings. The fraction of sp³-hybridized carbons (Fsp3) is 0.600. The number of nitrogens with one attached hydrogen (secondary N) is 1. The highest BCUT2D eigenvalue weighted by Gasteiger charge is 2.39. The molecule has 0 spiro atoms. The molecule has 3 rings (SSSR count). The fourth-order valence-corrected chi connectivity index (χ4v) is 3.04. The standard InChI is InChI=1S/C15H20ClNO/c1-2-15(4-5-15)10-17-9-12-8-13(16)7-11-3-6-18-14(11)12/h7-8,17H,2-6,9-10H2,1H3. The molecule has 1 fully saturated rings. The molecule has 1 aliphatic heterocycles. The largest absolute Gasteiger partial charge is 0.493 e. The zero-order valence-corrected chi connectivity index (χ0v) is 11.6. The van der Waals surface area contributed by atoms with E-state index in [1.165, 1.54) is 30.4 Å². The van der Waals surface area contributed by atoms with E-state index in [4.69, 9.17) is 16.3 Å². The first-order valence-corrected chi connectivity index (χ1v) is 7.25. The Morgan fingerprint density at radius 3 is 2.94 bits per heavy atom. The van der Waals surface area contributed by atoms with Crippen LogP contribution in [0.1, 0.15) is 37.3 Å². The molecule has 1 N–H and O–H groups in total. The van der Waals surface area contributed by atoms with E-state index in [9.17, 15) is 0 Å². The molecule has 0 amide bonds. The third-order valence-corrected chi connectivity index (χ3v) is 4.57. The summed E-state index contributed by atoms with van der Waals surface area (Å²) in [5.41, 5.74) is 3.06. The number of hydrogen-bond donors (Lipinski definition) is 1. The van der Waals surface area contributed by atoms with Gasteiger partial charge in [0, 0.05) is 30.1 Å². The molecule has 98 valence electrons. The summed E-state index contributed by atoms with van der Waals surface area (Å²) in [6.45, 7) is 5.06. The Morgan fingerprint density at radius 2 is 2.22 bits per heavy atom. The van der Waals surface area contributed by atoms with Gasteiger partial charge in [0.25, 0.3) is 0 Å². The summed E-state index contributed by atoms with van der Waals surface area (Å²) in [5.74, 6) is 1.06. The lowest BCUT2D eigenvalue weighted by molar-refractivity contribution is 0.351. The number of fused-ring (bicyclic) bond motifs is 1. The van der Waals surface area contributed by atoms with Gasteiger partial charge >= 0.3 is 0 Å². The molecular formula is C15H20ClNO. The SMILES string of the molecule is CCC1(CNCc2cc(Cl)cc3c2OCC3)CC1. The van der Waals surface area contributed by atoms with E-state index in [0.29, 0.717) is 5.41 Å². The second-order valence-corrected chi connectivity index (χ2v) is 6.05. The van der Waals surface area contributed by atoms with Crippen LogP contribution < -0.4 is 10.1 Å². The van der Waals surface area contributed by atoms with Gasteiger partial charge in [-0.1, -0.05) is 18.5 Å². The molecule has 0 saturated heterocycles. The van der Waals surface area contributed by atoms with E-state index in [2.05, 4.69) is 12.2 Å². The highest BCUT2D eigenvalue weighted by atomic mass is 35.5. The maximum Gasteiger partial charge on any atom is 0.127 e. The number of benzene rings is 1. The van der Waals surface area contributed by atoms with Crippen LogP contribution in [-0.2, 0) is 13.0 Å². The van der Waals surface area contributed by atoms with Gasteiger partial charge in [-0.15, -0.1) is 0 Å². The van der Waals surface area contributed by atoms with E-state index in [-0.39, 0.29) is 0 Å². The summed E-state index contributed by atoms with van der Waals surface area (Å²) >= 11 is 6.15. The van der Waals surface area contributed by atoms with Crippen molar-refractivity contribution in [2.24, 2.45) is 5.41 Å². The van der Waals surface area contributed by atoms with Gasteiger partial charge in [-0.3, -0.25) is 0 Å². The Morgan fingerprint density at radius 1 is 1.39 bits per heavy atom. The van der Waals surface area contributed by atoms with Gasteiger partial charge in [-0.25, -0.2) is 0 Å². The monoisotopic (exact) mass is 265 g/mol. The smallest absolute Gasteiger partial charge is 0.127 e. The number of hydrogen-bond acceptors (Lipinski definition) is 2. The third-order valence-electron chi connectivity index (χ3n) is 4.35. The van der Waals surface area contributed by atoms with Gasteiger partial charge in [0.05, 0.1) is 6.61 Å². The normalized spacial score (nSPS) is 19.4. The van der Waals surface area contributed by atoms with E-state index in [1.54, 1.807) is 0 Å². The van der Waals surface area contributed by atoms with E-state index in [0.717, 1.165) is 36.9 Å². The predicted octanol–water partition coefficient (Wildman–Crippen LogP) is 3.55. The van der Waals surface area contributed by atoms with Crippen molar-refractivity contribution < 1.29 is 4.74 Å². The third kappa shape index (κ3) is 2.36. The van der Waals surface area contributed by atoms with Crippen molar-refractivity contribution in [1.29, 1.82) is 0 Å². The number of halogens is 1. The van der Waals surface area contributed by atoms with Crippen LogP contribution in [0.4, 0.5) is 0 Å². The molecule has 0 radical (unpaired) electrons. The van der Waals surface area contributed by atoms with Crippen molar-refractivity contribution in [1.82, 2.24) is 5.32 Å². The van der Waals surface area contributed by atoms with Crippen molar-refractivity contribution in [2.75, 3.05) is 13.2 Å². The zero-order valence-electron chi connectivity index (χ0n) is 10.9. The Hall–Kier alpha value is -0.730. The summed E-state index contributed by atoms with van der Waals surface area (Å²) < 4.78 is 5.71. The van der Waals surface area contributed by atoms with Crippen LogP contribution in [-0.4, -0.2) is 13.2 Å². The Bertz CT molecular complexity index is 454. The molecule has 1 aliphatic carbocycles. The number of ether oxygens (including phenoxy) is 1. The quantitative estimate of drug-likeness (QED) is 0.879. The Balaban J connectivity index is 1.66. The fourth-order valence-electron chi connectivity index (χ4n) is 2.77. The molecule has 2 aliphatic rings. The zero-order chi connectivity index (χ0) is 12.6. The molecule has 1 aromatic carbocycles. The molecule has 18 heavy (non-hydrogen) atoms. The molecule has 0 bridgehead atoms. The van der Waals surface area contributed by atoms with Crippen LogP contribution in [0.15, 0.2) is 12.1 Å². The average Bonchev–Trinajstić information content (AvgIpc) is 2.98. The van der Waals surface area contributed by atoms with Gasteiger partial charge in [-0.2, -0.15) is 0 Å². The first kappa shape index (κ1) is 12.3. The van der Waals surface area contributed by atoms with Crippen molar-refractivity contribution in [2.45, 2.75) is 39.2 Å². The van der Waals surface area contributed by atoms with Crippen LogP contribution in [0, 0.1) is 5.41 Å². The average molecular weight is 266 g/mol. The summed E-state index contributed by atoms with van der Waals surface area (Å²) in [7, 11) is 0. The van der Waals surface area contributed by atoms with Gasteiger partial charge in [0.2, 0.25) is 0 Å². The van der Waals surface area contributed by atoms with Crippen molar-refractivity contribution in [3.05, 3.63) is 28.3 Å². The minimum atomic E-state index is 0.586. The summed E-state index contributed by atoms with van der Waals surface area (Å²) in [6.07, 6.45) is 5.02. The Labute approximate surface area is 114 Å². The van der Waals surface area contributed by atoms with Crippen molar-refractivity contribution in [3.8, 4) is 5.75 Å². The van der Waals surface area contributed by atoms with Gasteiger partial charge < -0.3 is 10.1 Å². The van der Waals surface area contributed by atoms with Gasteiger partial charge in [0.15, 0.2) is 0 Å². The second-order valence-electron chi connectivity index (χ2n) is 5.61. The molecule has 0 unspecified atom stereocenters. The summed E-state index contributed by atoms with van der Waals surface area (Å²) in [5, 5.41) is 4.40. The minimum Gasteiger partial charge on any atom is -0.493 e. The van der Waals surface area contributed by atoms with E-state index in [1.807, 2.05) is 12.1 Å². The highest BCUT2D eigenvalue weighted by molar-refractivity contribution is 6.30. The van der Waals surface area contributed by atoms with Crippen LogP contribution >= 0.6 is 11.6 Å². The lowest BCUT2D eigenvalue weighted by Gasteiger charge is -2.15.